The van der Waals surface area contributed by atoms with E-state index in [-0.39, 0.29) is 25.3 Å². The summed E-state index contributed by atoms with van der Waals surface area (Å²) in [7, 11) is 1.28. The van der Waals surface area contributed by atoms with Crippen LogP contribution in [-0.2, 0) is 14.3 Å². The van der Waals surface area contributed by atoms with Crippen LogP contribution in [-0.4, -0.2) is 31.3 Å². The zero-order valence-corrected chi connectivity index (χ0v) is 13.0. The minimum absolute atomic E-state index is 0.0145. The second kappa shape index (κ2) is 9.03. The zero-order valence-electron chi connectivity index (χ0n) is 12.2. The molecule has 0 N–H and O–H groups in total. The number of nitriles is 1. The van der Waals surface area contributed by atoms with Crippen LogP contribution in [0.25, 0.3) is 0 Å². The molecule has 0 spiro atoms. The normalized spacial score (nSPS) is 9.76. The Morgan fingerprint density at radius 1 is 1.38 bits per heavy atom. The molecule has 0 aliphatic rings. The zero-order chi connectivity index (χ0) is 15.7. The van der Waals surface area contributed by atoms with Gasteiger partial charge in [0.1, 0.15) is 6.54 Å². The van der Waals surface area contributed by atoms with E-state index in [4.69, 9.17) is 5.26 Å². The standard InChI is InChI=1S/C15H18N2O3S/c1-3-21-13-6-4-5-12(11-13)17(10-9-16)14(18)7-8-15(19)20-2/h4-6,11H,3,7-8,10H2,1-2H3. The lowest BCUT2D eigenvalue weighted by Crippen LogP contribution is -2.31. The highest BCUT2D eigenvalue weighted by atomic mass is 32.2. The second-order valence-corrected chi connectivity index (χ2v) is 5.48. The molecule has 0 unspecified atom stereocenters. The van der Waals surface area contributed by atoms with Gasteiger partial charge < -0.3 is 4.74 Å². The fourth-order valence-corrected chi connectivity index (χ4v) is 2.46. The Labute approximate surface area is 128 Å². The predicted octanol–water partition coefficient (Wildman–Crippen LogP) is 2.61. The second-order valence-electron chi connectivity index (χ2n) is 4.14. The molecular weight excluding hydrogens is 288 g/mol. The number of hydrogen-bond acceptors (Lipinski definition) is 5. The Bertz CT molecular complexity index is 540. The molecule has 0 atom stereocenters. The van der Waals surface area contributed by atoms with E-state index in [9.17, 15) is 9.59 Å². The molecule has 21 heavy (non-hydrogen) atoms. The van der Waals surface area contributed by atoms with Crippen LogP contribution < -0.4 is 4.90 Å². The molecule has 0 saturated carbocycles. The molecule has 5 nitrogen and oxygen atoms in total. The van der Waals surface area contributed by atoms with E-state index in [1.165, 1.54) is 12.0 Å². The molecule has 1 rings (SSSR count). The van der Waals surface area contributed by atoms with Gasteiger partial charge in [-0.05, 0) is 24.0 Å². The maximum Gasteiger partial charge on any atom is 0.306 e. The number of carbonyl (C=O) groups excluding carboxylic acids is 2. The summed E-state index contributed by atoms with van der Waals surface area (Å²) in [6, 6.07) is 9.46. The minimum Gasteiger partial charge on any atom is -0.469 e. The molecule has 0 aliphatic heterocycles. The lowest BCUT2D eigenvalue weighted by molar-refractivity contribution is -0.141. The molecule has 6 heteroatoms. The molecule has 1 aromatic rings. The van der Waals surface area contributed by atoms with Crippen molar-refractivity contribution in [3.05, 3.63) is 24.3 Å². The number of rotatable bonds is 7. The van der Waals surface area contributed by atoms with Crippen molar-refractivity contribution in [2.75, 3.05) is 24.3 Å². The predicted molar refractivity (Wildman–Crippen MR) is 82.1 cm³/mol. The molecular formula is C15H18N2O3S. The minimum atomic E-state index is -0.435. The molecule has 0 aromatic heterocycles. The van der Waals surface area contributed by atoms with Crippen molar-refractivity contribution >= 4 is 29.3 Å². The molecule has 1 amide bonds. The molecule has 0 radical (unpaired) electrons. The maximum atomic E-state index is 12.2. The molecule has 0 heterocycles. The van der Waals surface area contributed by atoms with E-state index in [1.807, 2.05) is 31.2 Å². The molecule has 0 aliphatic carbocycles. The van der Waals surface area contributed by atoms with Crippen LogP contribution in [0.3, 0.4) is 0 Å². The van der Waals surface area contributed by atoms with Crippen LogP contribution in [0.2, 0.25) is 0 Å². The van der Waals surface area contributed by atoms with Crippen LogP contribution in [0.15, 0.2) is 29.2 Å². The average molecular weight is 306 g/mol. The topological polar surface area (TPSA) is 70.4 Å². The summed E-state index contributed by atoms with van der Waals surface area (Å²) in [6.07, 6.45) is 0.0418. The number of carbonyl (C=O) groups is 2. The Morgan fingerprint density at radius 2 is 2.14 bits per heavy atom. The largest absolute Gasteiger partial charge is 0.469 e. The third-order valence-corrected chi connectivity index (χ3v) is 3.62. The number of amides is 1. The average Bonchev–Trinajstić information content (AvgIpc) is 2.50. The van der Waals surface area contributed by atoms with Crippen LogP contribution in [0.5, 0.6) is 0 Å². The first kappa shape index (κ1) is 17.1. The van der Waals surface area contributed by atoms with Gasteiger partial charge in [0.25, 0.3) is 0 Å². The number of nitrogens with zero attached hydrogens (tertiary/aromatic N) is 2. The van der Waals surface area contributed by atoms with Gasteiger partial charge in [-0.2, -0.15) is 5.26 Å². The molecule has 112 valence electrons. The Balaban J connectivity index is 2.85. The number of thioether (sulfide) groups is 1. The number of hydrogen-bond donors (Lipinski definition) is 0. The quantitative estimate of drug-likeness (QED) is 0.440. The van der Waals surface area contributed by atoms with Crippen molar-refractivity contribution < 1.29 is 14.3 Å². The summed E-state index contributed by atoms with van der Waals surface area (Å²) in [5.41, 5.74) is 0.671. The summed E-state index contributed by atoms with van der Waals surface area (Å²) in [5.74, 6) is 0.231. The van der Waals surface area contributed by atoms with Crippen LogP contribution >= 0.6 is 11.8 Å². The van der Waals surface area contributed by atoms with Gasteiger partial charge in [0.15, 0.2) is 0 Å². The van der Waals surface area contributed by atoms with E-state index in [0.29, 0.717) is 5.69 Å². The van der Waals surface area contributed by atoms with Gasteiger partial charge in [0, 0.05) is 17.0 Å². The third kappa shape index (κ3) is 5.48. The lowest BCUT2D eigenvalue weighted by Gasteiger charge is -2.20. The summed E-state index contributed by atoms with van der Waals surface area (Å²) in [6.45, 7) is 2.01. The van der Waals surface area contributed by atoms with Gasteiger partial charge in [-0.25, -0.2) is 0 Å². The Hall–Kier alpha value is -2.00. The van der Waals surface area contributed by atoms with E-state index in [0.717, 1.165) is 10.6 Å². The molecule has 0 saturated heterocycles. The SMILES string of the molecule is CCSc1cccc(N(CC#N)C(=O)CCC(=O)OC)c1. The summed E-state index contributed by atoms with van der Waals surface area (Å²) in [5, 5.41) is 8.90. The van der Waals surface area contributed by atoms with Gasteiger partial charge in [-0.3, -0.25) is 14.5 Å². The van der Waals surface area contributed by atoms with E-state index in [1.54, 1.807) is 17.8 Å². The Kier molecular flexibility index (Phi) is 7.33. The van der Waals surface area contributed by atoms with E-state index >= 15 is 0 Å². The van der Waals surface area contributed by atoms with Crippen molar-refractivity contribution in [2.45, 2.75) is 24.7 Å². The number of anilines is 1. The highest BCUT2D eigenvalue weighted by Gasteiger charge is 2.17. The van der Waals surface area contributed by atoms with Gasteiger partial charge >= 0.3 is 5.97 Å². The highest BCUT2D eigenvalue weighted by Crippen LogP contribution is 2.24. The molecule has 1 aromatic carbocycles. The fourth-order valence-electron chi connectivity index (χ4n) is 1.75. The molecule has 0 bridgehead atoms. The third-order valence-electron chi connectivity index (χ3n) is 2.74. The number of benzene rings is 1. The lowest BCUT2D eigenvalue weighted by atomic mass is 10.2. The maximum absolute atomic E-state index is 12.2. The van der Waals surface area contributed by atoms with Gasteiger partial charge in [0.05, 0.1) is 19.6 Å². The summed E-state index contributed by atoms with van der Waals surface area (Å²) >= 11 is 1.66. The van der Waals surface area contributed by atoms with Crippen LogP contribution in [0.4, 0.5) is 5.69 Å². The highest BCUT2D eigenvalue weighted by molar-refractivity contribution is 7.99. The fraction of sp³-hybridized carbons (Fsp3) is 0.400. The Morgan fingerprint density at radius 3 is 2.76 bits per heavy atom. The van der Waals surface area contributed by atoms with Crippen molar-refractivity contribution in [1.82, 2.24) is 0 Å². The first-order valence-corrected chi connectivity index (χ1v) is 7.58. The number of esters is 1. The van der Waals surface area contributed by atoms with Gasteiger partial charge in [0.2, 0.25) is 5.91 Å². The summed E-state index contributed by atoms with van der Waals surface area (Å²) in [4.78, 5) is 25.7. The van der Waals surface area contributed by atoms with Crippen molar-refractivity contribution in [3.63, 3.8) is 0 Å². The van der Waals surface area contributed by atoms with Crippen molar-refractivity contribution in [1.29, 1.82) is 5.26 Å². The van der Waals surface area contributed by atoms with Crippen molar-refractivity contribution in [2.24, 2.45) is 0 Å². The van der Waals surface area contributed by atoms with Gasteiger partial charge in [-0.15, -0.1) is 11.8 Å². The monoisotopic (exact) mass is 306 g/mol. The summed E-state index contributed by atoms with van der Waals surface area (Å²) < 4.78 is 4.52. The van der Waals surface area contributed by atoms with E-state index < -0.39 is 5.97 Å². The smallest absolute Gasteiger partial charge is 0.306 e. The molecule has 0 fully saturated rings. The first-order valence-electron chi connectivity index (χ1n) is 6.59. The first-order chi connectivity index (χ1) is 10.1. The number of ether oxygens (including phenoxy) is 1. The van der Waals surface area contributed by atoms with Crippen molar-refractivity contribution in [3.8, 4) is 6.07 Å². The van der Waals surface area contributed by atoms with Gasteiger partial charge in [-0.1, -0.05) is 13.0 Å². The number of methoxy groups -OCH3 is 1. The van der Waals surface area contributed by atoms with Crippen LogP contribution in [0, 0.1) is 11.3 Å². The van der Waals surface area contributed by atoms with E-state index in [2.05, 4.69) is 4.74 Å². The van der Waals surface area contributed by atoms with Crippen LogP contribution in [0.1, 0.15) is 19.8 Å².